The first-order valence-electron chi connectivity index (χ1n) is 6.62. The van der Waals surface area contributed by atoms with E-state index < -0.39 is 0 Å². The summed E-state index contributed by atoms with van der Waals surface area (Å²) in [5.41, 5.74) is 1.74. The third kappa shape index (κ3) is 2.30. The van der Waals surface area contributed by atoms with Crippen LogP contribution >= 0.6 is 0 Å². The number of piperazine rings is 1. The van der Waals surface area contributed by atoms with Crippen molar-refractivity contribution in [1.29, 1.82) is 0 Å². The molecule has 0 saturated carbocycles. The molecular formula is C14H16N4O2. The topological polar surface area (TPSA) is 62.5 Å². The minimum atomic E-state index is -0.349. The van der Waals surface area contributed by atoms with Crippen LogP contribution in [0.2, 0.25) is 0 Å². The van der Waals surface area contributed by atoms with Gasteiger partial charge in [-0.05, 0) is 19.2 Å². The Bertz CT molecular complexity index is 651. The molecule has 1 aromatic heterocycles. The Morgan fingerprint density at radius 3 is 2.70 bits per heavy atom. The number of benzene rings is 1. The Labute approximate surface area is 116 Å². The minimum absolute atomic E-state index is 0.117. The molecule has 104 valence electrons. The Morgan fingerprint density at radius 2 is 2.00 bits per heavy atom. The molecule has 0 atom stereocenters. The average Bonchev–Trinajstić information content (AvgIpc) is 2.46. The van der Waals surface area contributed by atoms with E-state index in [1.54, 1.807) is 18.3 Å². The first kappa shape index (κ1) is 12.8. The van der Waals surface area contributed by atoms with Gasteiger partial charge >= 0.3 is 0 Å². The van der Waals surface area contributed by atoms with Crippen molar-refractivity contribution in [3.63, 3.8) is 0 Å². The monoisotopic (exact) mass is 272 g/mol. The van der Waals surface area contributed by atoms with Crippen LogP contribution in [0.1, 0.15) is 0 Å². The number of likely N-dealkylation sites (N-methyl/N-ethyl adjacent to an activating group) is 1. The molecule has 0 bridgehead atoms. The van der Waals surface area contributed by atoms with Gasteiger partial charge in [0.05, 0.1) is 27.7 Å². The fourth-order valence-corrected chi connectivity index (χ4v) is 2.52. The van der Waals surface area contributed by atoms with Gasteiger partial charge in [0, 0.05) is 32.2 Å². The Hall–Kier alpha value is -2.21. The van der Waals surface area contributed by atoms with E-state index in [-0.39, 0.29) is 10.6 Å². The van der Waals surface area contributed by atoms with Crippen molar-refractivity contribution in [3.8, 4) is 0 Å². The molecule has 0 aliphatic carbocycles. The van der Waals surface area contributed by atoms with Gasteiger partial charge in [-0.2, -0.15) is 0 Å². The van der Waals surface area contributed by atoms with Crippen LogP contribution in [0.15, 0.2) is 30.5 Å². The molecular weight excluding hydrogens is 256 g/mol. The Morgan fingerprint density at radius 1 is 1.25 bits per heavy atom. The first-order chi connectivity index (χ1) is 9.65. The number of hydrogen-bond acceptors (Lipinski definition) is 5. The van der Waals surface area contributed by atoms with Crippen molar-refractivity contribution in [2.45, 2.75) is 0 Å². The molecule has 1 fully saturated rings. The summed E-state index contributed by atoms with van der Waals surface area (Å²) in [5, 5.41) is 11.7. The molecule has 0 radical (unpaired) electrons. The summed E-state index contributed by atoms with van der Waals surface area (Å²) in [5.74, 6) is 0. The lowest BCUT2D eigenvalue weighted by molar-refractivity contribution is -0.383. The number of nitro groups is 1. The second kappa shape index (κ2) is 5.05. The van der Waals surface area contributed by atoms with Gasteiger partial charge in [0.2, 0.25) is 0 Å². The molecule has 20 heavy (non-hydrogen) atoms. The number of nitro benzene ring substituents is 1. The van der Waals surface area contributed by atoms with E-state index in [2.05, 4.69) is 21.8 Å². The second-order valence-electron chi connectivity index (χ2n) is 5.08. The quantitative estimate of drug-likeness (QED) is 0.617. The van der Waals surface area contributed by atoms with E-state index in [1.165, 1.54) is 6.07 Å². The van der Waals surface area contributed by atoms with Gasteiger partial charge in [0.25, 0.3) is 5.69 Å². The van der Waals surface area contributed by atoms with Crippen LogP contribution in [-0.2, 0) is 0 Å². The number of fused-ring (bicyclic) bond motifs is 1. The summed E-state index contributed by atoms with van der Waals surface area (Å²) in [7, 11) is 2.10. The SMILES string of the molecule is CN1CCN(c2cnc3cccc([N+](=O)[O-])c3c2)CC1. The molecule has 3 rings (SSSR count). The first-order valence-corrected chi connectivity index (χ1v) is 6.62. The zero-order valence-corrected chi connectivity index (χ0v) is 11.3. The molecule has 0 unspecified atom stereocenters. The molecule has 6 nitrogen and oxygen atoms in total. The van der Waals surface area contributed by atoms with E-state index >= 15 is 0 Å². The fourth-order valence-electron chi connectivity index (χ4n) is 2.52. The standard InChI is InChI=1S/C14H16N4O2/c1-16-5-7-17(8-6-16)11-9-12-13(15-10-11)3-2-4-14(12)18(19)20/h2-4,9-10H,5-8H2,1H3. The van der Waals surface area contributed by atoms with Crippen LogP contribution in [-0.4, -0.2) is 48.0 Å². The van der Waals surface area contributed by atoms with Crippen LogP contribution in [0.25, 0.3) is 10.9 Å². The van der Waals surface area contributed by atoms with Crippen molar-refractivity contribution in [2.75, 3.05) is 38.1 Å². The number of non-ortho nitro benzene ring substituents is 1. The molecule has 1 aromatic carbocycles. The molecule has 0 spiro atoms. The number of rotatable bonds is 2. The summed E-state index contributed by atoms with van der Waals surface area (Å²) in [4.78, 5) is 19.6. The number of anilines is 1. The highest BCUT2D eigenvalue weighted by Gasteiger charge is 2.17. The summed E-state index contributed by atoms with van der Waals surface area (Å²) >= 11 is 0. The lowest BCUT2D eigenvalue weighted by Crippen LogP contribution is -2.44. The zero-order chi connectivity index (χ0) is 14.1. The van der Waals surface area contributed by atoms with Gasteiger partial charge in [-0.3, -0.25) is 15.1 Å². The molecule has 2 aromatic rings. The van der Waals surface area contributed by atoms with Gasteiger partial charge in [-0.1, -0.05) is 6.07 Å². The second-order valence-corrected chi connectivity index (χ2v) is 5.08. The predicted octanol–water partition coefficient (Wildman–Crippen LogP) is 1.89. The molecule has 1 saturated heterocycles. The molecule has 2 heterocycles. The van der Waals surface area contributed by atoms with E-state index in [9.17, 15) is 10.1 Å². The number of aromatic nitrogens is 1. The summed E-state index contributed by atoms with van der Waals surface area (Å²) < 4.78 is 0. The third-order valence-electron chi connectivity index (χ3n) is 3.75. The van der Waals surface area contributed by atoms with Crippen LogP contribution in [0, 0.1) is 10.1 Å². The highest BCUT2D eigenvalue weighted by molar-refractivity contribution is 5.90. The molecule has 6 heteroatoms. The van der Waals surface area contributed by atoms with Crippen LogP contribution in [0.4, 0.5) is 11.4 Å². The molecule has 1 aliphatic rings. The smallest absolute Gasteiger partial charge is 0.278 e. The predicted molar refractivity (Wildman–Crippen MR) is 78.1 cm³/mol. The maximum Gasteiger partial charge on any atom is 0.278 e. The largest absolute Gasteiger partial charge is 0.368 e. The van der Waals surface area contributed by atoms with Gasteiger partial charge in [0.15, 0.2) is 0 Å². The molecule has 1 aliphatic heterocycles. The van der Waals surface area contributed by atoms with Crippen LogP contribution in [0.3, 0.4) is 0 Å². The van der Waals surface area contributed by atoms with E-state index in [0.29, 0.717) is 10.9 Å². The van der Waals surface area contributed by atoms with Crippen molar-refractivity contribution in [1.82, 2.24) is 9.88 Å². The third-order valence-corrected chi connectivity index (χ3v) is 3.75. The van der Waals surface area contributed by atoms with Crippen molar-refractivity contribution < 1.29 is 4.92 Å². The van der Waals surface area contributed by atoms with Gasteiger partial charge in [-0.25, -0.2) is 0 Å². The van der Waals surface area contributed by atoms with Gasteiger partial charge < -0.3 is 9.80 Å². The van der Waals surface area contributed by atoms with Crippen LogP contribution in [0.5, 0.6) is 0 Å². The fraction of sp³-hybridized carbons (Fsp3) is 0.357. The average molecular weight is 272 g/mol. The van der Waals surface area contributed by atoms with Crippen molar-refractivity contribution in [2.24, 2.45) is 0 Å². The van der Waals surface area contributed by atoms with Crippen molar-refractivity contribution in [3.05, 3.63) is 40.6 Å². The maximum absolute atomic E-state index is 11.1. The number of pyridine rings is 1. The Kier molecular flexibility index (Phi) is 3.23. The Balaban J connectivity index is 2.01. The summed E-state index contributed by atoms with van der Waals surface area (Å²) in [6.07, 6.45) is 1.80. The van der Waals surface area contributed by atoms with E-state index in [4.69, 9.17) is 0 Å². The lowest BCUT2D eigenvalue weighted by Gasteiger charge is -2.33. The zero-order valence-electron chi connectivity index (χ0n) is 11.3. The van der Waals surface area contributed by atoms with Crippen LogP contribution < -0.4 is 4.90 Å². The van der Waals surface area contributed by atoms with Gasteiger partial charge in [-0.15, -0.1) is 0 Å². The summed E-state index contributed by atoms with van der Waals surface area (Å²) in [6, 6.07) is 6.88. The molecule has 0 amide bonds. The lowest BCUT2D eigenvalue weighted by atomic mass is 10.1. The van der Waals surface area contributed by atoms with Crippen molar-refractivity contribution >= 4 is 22.3 Å². The highest BCUT2D eigenvalue weighted by Crippen LogP contribution is 2.28. The van der Waals surface area contributed by atoms with Gasteiger partial charge in [0.1, 0.15) is 0 Å². The normalized spacial score (nSPS) is 16.6. The molecule has 0 N–H and O–H groups in total. The highest BCUT2D eigenvalue weighted by atomic mass is 16.6. The van der Waals surface area contributed by atoms with E-state index in [0.717, 1.165) is 31.9 Å². The van der Waals surface area contributed by atoms with E-state index in [1.807, 2.05) is 6.07 Å². The number of hydrogen-bond donors (Lipinski definition) is 0. The minimum Gasteiger partial charge on any atom is -0.368 e. The maximum atomic E-state index is 11.1. The number of nitrogens with zero attached hydrogens (tertiary/aromatic N) is 4. The summed E-state index contributed by atoms with van der Waals surface area (Å²) in [6.45, 7) is 3.83.